The Kier molecular flexibility index (Phi) is 6.24. The van der Waals surface area contributed by atoms with E-state index in [0.29, 0.717) is 18.2 Å². The van der Waals surface area contributed by atoms with E-state index in [4.69, 9.17) is 0 Å². The van der Waals surface area contributed by atoms with Crippen LogP contribution in [-0.2, 0) is 5.44 Å². The van der Waals surface area contributed by atoms with Crippen LogP contribution < -0.4 is 21.6 Å². The number of anilines is 2. The van der Waals surface area contributed by atoms with Crippen LogP contribution in [0.5, 0.6) is 0 Å². The molecule has 0 radical (unpaired) electrons. The molecule has 2 heterocycles. The molecule has 1 aliphatic carbocycles. The average Bonchev–Trinajstić information content (AvgIpc) is 3.58. The summed E-state index contributed by atoms with van der Waals surface area (Å²) in [5, 5.41) is 20.0. The van der Waals surface area contributed by atoms with E-state index in [1.807, 2.05) is 25.1 Å². The van der Waals surface area contributed by atoms with Crippen molar-refractivity contribution in [1.29, 1.82) is 5.26 Å². The fourth-order valence-corrected chi connectivity index (χ4v) is 4.68. The number of nitriles is 1. The summed E-state index contributed by atoms with van der Waals surface area (Å²) in [7, 11) is 2.08. The van der Waals surface area contributed by atoms with Crippen molar-refractivity contribution in [2.24, 2.45) is 5.41 Å². The Morgan fingerprint density at radius 1 is 1.22 bits per heavy atom. The highest BCUT2D eigenvalue weighted by atomic mass is 19.1. The molecule has 3 aromatic rings. The topological polar surface area (TPSA) is 88.0 Å². The predicted molar refractivity (Wildman–Crippen MR) is 149 cm³/mol. The standard InChI is InChI=1S/C28H33BFN7/c1-17-11-21(12-23-25(17)32-14-18(13-31)26(23)33-16-27(2,3)4)34-28(29,19-5-7-20(30)8-6-19)24-15-37(36-35-24)22-9-10-22/h5-8,11-12,14-15,22,34-36H,9-10,16,29H2,1-4H3,(H,32,33). The fourth-order valence-electron chi connectivity index (χ4n) is 4.68. The van der Waals surface area contributed by atoms with Crippen molar-refractivity contribution in [1.82, 2.24) is 21.0 Å². The lowest BCUT2D eigenvalue weighted by molar-refractivity contribution is 0.260. The van der Waals surface area contributed by atoms with E-state index in [1.54, 1.807) is 6.20 Å². The zero-order valence-corrected chi connectivity index (χ0v) is 22.0. The van der Waals surface area contributed by atoms with Gasteiger partial charge < -0.3 is 16.1 Å². The molecule has 1 saturated carbocycles. The molecule has 5 rings (SSSR count). The monoisotopic (exact) mass is 497 g/mol. The third-order valence-corrected chi connectivity index (χ3v) is 6.96. The van der Waals surface area contributed by atoms with Crippen LogP contribution in [0.15, 0.2) is 54.5 Å². The molecule has 7 nitrogen and oxygen atoms in total. The first kappa shape index (κ1) is 24.9. The van der Waals surface area contributed by atoms with Gasteiger partial charge in [-0.1, -0.05) is 32.9 Å². The number of hydrazine groups is 2. The van der Waals surface area contributed by atoms with Crippen LogP contribution in [0.4, 0.5) is 15.8 Å². The minimum Gasteiger partial charge on any atom is -0.383 e. The smallest absolute Gasteiger partial charge is 0.148 e. The SMILES string of the molecule is BC(Nc1cc(C)c2ncc(C#N)c(NCC(C)(C)C)c2c1)(C1=CN(C2CC2)NN1)c1ccc(F)cc1. The fraction of sp³-hybridized carbons (Fsp3) is 0.357. The number of aromatic nitrogens is 1. The number of nitrogens with zero attached hydrogens (tertiary/aromatic N) is 3. The van der Waals surface area contributed by atoms with Gasteiger partial charge in [-0.05, 0) is 60.6 Å². The normalized spacial score (nSPS) is 17.1. The minimum atomic E-state index is -0.691. The predicted octanol–water partition coefficient (Wildman–Crippen LogP) is 4.24. The van der Waals surface area contributed by atoms with Gasteiger partial charge in [-0.25, -0.2) is 4.39 Å². The third kappa shape index (κ3) is 5.07. The number of rotatable bonds is 7. The van der Waals surface area contributed by atoms with Gasteiger partial charge in [0.15, 0.2) is 0 Å². The van der Waals surface area contributed by atoms with E-state index in [0.717, 1.165) is 51.9 Å². The highest BCUT2D eigenvalue weighted by Crippen LogP contribution is 2.37. The van der Waals surface area contributed by atoms with E-state index in [-0.39, 0.29) is 11.2 Å². The molecule has 2 aromatic carbocycles. The Hall–Kier alpha value is -3.77. The maximum Gasteiger partial charge on any atom is 0.148 e. The van der Waals surface area contributed by atoms with Gasteiger partial charge in [0.1, 0.15) is 19.7 Å². The highest BCUT2D eigenvalue weighted by molar-refractivity contribution is 6.19. The molecule has 9 heteroatoms. The molecule has 1 unspecified atom stereocenters. The summed E-state index contributed by atoms with van der Waals surface area (Å²) in [6, 6.07) is 13.5. The Morgan fingerprint density at radius 3 is 2.59 bits per heavy atom. The van der Waals surface area contributed by atoms with Crippen molar-refractivity contribution in [2.45, 2.75) is 52.0 Å². The number of hydrogen-bond acceptors (Lipinski definition) is 7. The van der Waals surface area contributed by atoms with Crippen LogP contribution in [0.2, 0.25) is 0 Å². The summed E-state index contributed by atoms with van der Waals surface area (Å²) in [6.07, 6.45) is 6.04. The second-order valence-electron chi connectivity index (χ2n) is 11.4. The highest BCUT2D eigenvalue weighted by Gasteiger charge is 2.38. The molecule has 190 valence electrons. The first-order valence-corrected chi connectivity index (χ1v) is 12.7. The molecule has 0 bridgehead atoms. The molecular weight excluding hydrogens is 464 g/mol. The molecular formula is C28H33BFN7. The second-order valence-corrected chi connectivity index (χ2v) is 11.4. The molecule has 0 saturated heterocycles. The van der Waals surface area contributed by atoms with Gasteiger partial charge in [0.25, 0.3) is 0 Å². The van der Waals surface area contributed by atoms with Crippen molar-refractivity contribution < 1.29 is 4.39 Å². The van der Waals surface area contributed by atoms with Crippen molar-refractivity contribution in [3.8, 4) is 6.07 Å². The number of benzene rings is 2. The van der Waals surface area contributed by atoms with Gasteiger partial charge in [0.2, 0.25) is 0 Å². The van der Waals surface area contributed by atoms with Crippen LogP contribution in [-0.4, -0.2) is 30.4 Å². The maximum atomic E-state index is 13.8. The summed E-state index contributed by atoms with van der Waals surface area (Å²) in [5.41, 5.74) is 11.8. The van der Waals surface area contributed by atoms with E-state index in [9.17, 15) is 9.65 Å². The van der Waals surface area contributed by atoms with Crippen LogP contribution >= 0.6 is 0 Å². The number of nitrogens with one attached hydrogen (secondary N) is 4. The Bertz CT molecular complexity index is 1400. The average molecular weight is 497 g/mol. The second kappa shape index (κ2) is 9.27. The van der Waals surface area contributed by atoms with Gasteiger partial charge in [-0.3, -0.25) is 9.99 Å². The number of hydrogen-bond donors (Lipinski definition) is 4. The van der Waals surface area contributed by atoms with Gasteiger partial charge in [0.05, 0.1) is 27.9 Å². The van der Waals surface area contributed by atoms with Crippen LogP contribution in [0.3, 0.4) is 0 Å². The van der Waals surface area contributed by atoms with Crippen molar-refractivity contribution in [2.75, 3.05) is 17.2 Å². The molecule has 4 N–H and O–H groups in total. The lowest BCUT2D eigenvalue weighted by atomic mass is 9.69. The molecule has 1 aromatic heterocycles. The van der Waals surface area contributed by atoms with Crippen LogP contribution in [0.25, 0.3) is 10.9 Å². The quantitative estimate of drug-likeness (QED) is 0.363. The van der Waals surface area contributed by atoms with Gasteiger partial charge >= 0.3 is 0 Å². The van der Waals surface area contributed by atoms with E-state index >= 15 is 0 Å². The van der Waals surface area contributed by atoms with Crippen molar-refractivity contribution in [3.63, 3.8) is 0 Å². The molecule has 1 atom stereocenters. The lowest BCUT2D eigenvalue weighted by Gasteiger charge is -2.34. The number of halogens is 1. The van der Waals surface area contributed by atoms with Gasteiger partial charge in [-0.2, -0.15) is 5.26 Å². The van der Waals surface area contributed by atoms with E-state index in [1.165, 1.54) is 12.1 Å². The molecule has 1 fully saturated rings. The van der Waals surface area contributed by atoms with E-state index in [2.05, 4.69) is 78.5 Å². The van der Waals surface area contributed by atoms with Crippen molar-refractivity contribution >= 4 is 30.1 Å². The summed E-state index contributed by atoms with van der Waals surface area (Å²) in [5.74, 6) is -0.275. The Morgan fingerprint density at radius 2 is 1.95 bits per heavy atom. The van der Waals surface area contributed by atoms with Gasteiger partial charge in [-0.15, -0.1) is 5.53 Å². The summed E-state index contributed by atoms with van der Waals surface area (Å²) in [4.78, 5) is 4.60. The molecule has 0 spiro atoms. The summed E-state index contributed by atoms with van der Waals surface area (Å²) in [6.45, 7) is 9.21. The first-order chi connectivity index (χ1) is 17.6. The molecule has 1 aliphatic heterocycles. The number of aryl methyl sites for hydroxylation is 1. The first-order valence-electron chi connectivity index (χ1n) is 12.7. The lowest BCUT2D eigenvalue weighted by Crippen LogP contribution is -2.45. The zero-order valence-electron chi connectivity index (χ0n) is 22.0. The summed E-state index contributed by atoms with van der Waals surface area (Å²) >= 11 is 0. The van der Waals surface area contributed by atoms with Crippen LogP contribution in [0, 0.1) is 29.5 Å². The van der Waals surface area contributed by atoms with Crippen molar-refractivity contribution in [3.05, 3.63) is 77.0 Å². The zero-order chi connectivity index (χ0) is 26.4. The maximum absolute atomic E-state index is 13.8. The third-order valence-electron chi connectivity index (χ3n) is 6.96. The van der Waals surface area contributed by atoms with E-state index < -0.39 is 5.44 Å². The number of pyridine rings is 1. The van der Waals surface area contributed by atoms with Gasteiger partial charge in [0, 0.05) is 36.1 Å². The summed E-state index contributed by atoms with van der Waals surface area (Å²) < 4.78 is 13.8. The Labute approximate surface area is 218 Å². The molecule has 0 amide bonds. The Balaban J connectivity index is 1.60. The molecule has 2 aliphatic rings. The minimum absolute atomic E-state index is 0.0371. The van der Waals surface area contributed by atoms with Crippen LogP contribution in [0.1, 0.15) is 50.3 Å². The number of fused-ring (bicyclic) bond motifs is 1. The molecule has 37 heavy (non-hydrogen) atoms. The largest absolute Gasteiger partial charge is 0.383 e.